The Bertz CT molecular complexity index is 1420. The summed E-state index contributed by atoms with van der Waals surface area (Å²) in [5.74, 6) is 0.545. The summed E-state index contributed by atoms with van der Waals surface area (Å²) in [6, 6.07) is 19.8. The van der Waals surface area contributed by atoms with Crippen molar-refractivity contribution in [3.8, 4) is 17.0 Å². The predicted octanol–water partition coefficient (Wildman–Crippen LogP) is 4.51. The van der Waals surface area contributed by atoms with E-state index in [1.165, 1.54) is 12.1 Å². The molecule has 4 aromatic rings. The van der Waals surface area contributed by atoms with E-state index < -0.39 is 0 Å². The summed E-state index contributed by atoms with van der Waals surface area (Å²) >= 11 is 0. The van der Waals surface area contributed by atoms with Gasteiger partial charge in [-0.25, -0.2) is 9.37 Å². The molecule has 0 radical (unpaired) electrons. The molecule has 1 aliphatic heterocycles. The van der Waals surface area contributed by atoms with Crippen LogP contribution in [0.3, 0.4) is 0 Å². The van der Waals surface area contributed by atoms with Crippen LogP contribution in [0.25, 0.3) is 22.0 Å². The summed E-state index contributed by atoms with van der Waals surface area (Å²) in [5, 5.41) is 6.95. The molecule has 202 valence electrons. The van der Waals surface area contributed by atoms with E-state index in [0.29, 0.717) is 43.7 Å². The quantitative estimate of drug-likeness (QED) is 0.313. The fourth-order valence-electron chi connectivity index (χ4n) is 4.31. The molecule has 0 saturated carbocycles. The highest BCUT2D eigenvalue weighted by Crippen LogP contribution is 2.31. The van der Waals surface area contributed by atoms with Gasteiger partial charge >= 0.3 is 0 Å². The third-order valence-electron chi connectivity index (χ3n) is 6.52. The van der Waals surface area contributed by atoms with Crippen molar-refractivity contribution in [3.05, 3.63) is 83.7 Å². The summed E-state index contributed by atoms with van der Waals surface area (Å²) in [7, 11) is 3.94. The van der Waals surface area contributed by atoms with Gasteiger partial charge in [-0.3, -0.25) is 4.79 Å². The minimum atomic E-state index is -0.274. The Labute approximate surface area is 227 Å². The van der Waals surface area contributed by atoms with Crippen molar-refractivity contribution in [2.45, 2.75) is 19.1 Å². The normalized spacial score (nSPS) is 15.0. The zero-order chi connectivity index (χ0) is 27.2. The number of aromatic nitrogens is 2. The van der Waals surface area contributed by atoms with E-state index in [0.717, 1.165) is 40.6 Å². The Balaban J connectivity index is 1.38. The first-order chi connectivity index (χ1) is 18.9. The summed E-state index contributed by atoms with van der Waals surface area (Å²) in [6.45, 7) is 2.99. The van der Waals surface area contributed by atoms with Gasteiger partial charge in [-0.1, -0.05) is 30.3 Å². The van der Waals surface area contributed by atoms with Crippen LogP contribution in [0.5, 0.6) is 5.88 Å². The third-order valence-corrected chi connectivity index (χ3v) is 6.52. The van der Waals surface area contributed by atoms with Crippen molar-refractivity contribution in [1.29, 1.82) is 0 Å². The first-order valence-electron chi connectivity index (χ1n) is 13.0. The minimum absolute atomic E-state index is 0.0815. The largest absolute Gasteiger partial charge is 0.471 e. The van der Waals surface area contributed by atoms with Gasteiger partial charge in [-0.05, 0) is 67.2 Å². The van der Waals surface area contributed by atoms with Crippen LogP contribution in [0.4, 0.5) is 10.3 Å². The summed E-state index contributed by atoms with van der Waals surface area (Å²) in [5.41, 5.74) is 4.20. The van der Waals surface area contributed by atoms with Crippen molar-refractivity contribution in [1.82, 2.24) is 20.2 Å². The van der Waals surface area contributed by atoms with Gasteiger partial charge in [-0.2, -0.15) is 4.98 Å². The molecule has 39 heavy (non-hydrogen) atoms. The smallest absolute Gasteiger partial charge is 0.251 e. The van der Waals surface area contributed by atoms with Gasteiger partial charge in [0.05, 0.1) is 24.1 Å². The zero-order valence-electron chi connectivity index (χ0n) is 22.1. The molecule has 1 atom stereocenters. The van der Waals surface area contributed by atoms with Crippen LogP contribution in [-0.2, 0) is 11.3 Å². The van der Waals surface area contributed by atoms with Crippen LogP contribution in [0, 0.1) is 5.82 Å². The van der Waals surface area contributed by atoms with Crippen LogP contribution in [-0.4, -0.2) is 67.3 Å². The number of anilines is 1. The van der Waals surface area contributed by atoms with E-state index in [2.05, 4.69) is 15.6 Å². The summed E-state index contributed by atoms with van der Waals surface area (Å²) < 4.78 is 25.0. The average molecular weight is 530 g/mol. The molecular formula is C30H32FN5O3. The first-order valence-corrected chi connectivity index (χ1v) is 13.0. The molecule has 1 amide bonds. The maximum atomic E-state index is 13.3. The molecule has 1 saturated heterocycles. The van der Waals surface area contributed by atoms with E-state index in [1.807, 2.05) is 61.5 Å². The van der Waals surface area contributed by atoms with Crippen molar-refractivity contribution in [2.24, 2.45) is 0 Å². The van der Waals surface area contributed by atoms with E-state index in [4.69, 9.17) is 14.5 Å². The highest BCUT2D eigenvalue weighted by Gasteiger charge is 2.20. The van der Waals surface area contributed by atoms with Gasteiger partial charge in [0.2, 0.25) is 11.8 Å². The van der Waals surface area contributed by atoms with Crippen LogP contribution in [0.15, 0.2) is 66.7 Å². The minimum Gasteiger partial charge on any atom is -0.471 e. The zero-order valence-corrected chi connectivity index (χ0v) is 22.1. The van der Waals surface area contributed by atoms with Gasteiger partial charge in [-0.15, -0.1) is 0 Å². The molecule has 8 nitrogen and oxygen atoms in total. The van der Waals surface area contributed by atoms with Crippen molar-refractivity contribution in [3.63, 3.8) is 0 Å². The molecule has 5 rings (SSSR count). The van der Waals surface area contributed by atoms with Crippen molar-refractivity contribution in [2.75, 3.05) is 45.7 Å². The molecule has 1 unspecified atom stereocenters. The highest BCUT2D eigenvalue weighted by molar-refractivity contribution is 5.95. The number of nitrogens with zero attached hydrogens (tertiary/aromatic N) is 3. The van der Waals surface area contributed by atoms with E-state index in [9.17, 15) is 9.18 Å². The third kappa shape index (κ3) is 6.87. The molecule has 3 aromatic carbocycles. The van der Waals surface area contributed by atoms with E-state index >= 15 is 0 Å². The highest BCUT2D eigenvalue weighted by atomic mass is 19.1. The topological polar surface area (TPSA) is 88.6 Å². The van der Waals surface area contributed by atoms with Gasteiger partial charge < -0.3 is 25.0 Å². The average Bonchev–Trinajstić information content (AvgIpc) is 3.45. The standard InChI is InChI=1S/C30H32FN5O3/c1-36(2)15-14-32-28(37)22-7-5-21(6-8-22)23-9-12-27-26(17-23)29(39-25-13-16-38-19-25)35-30(34-27)33-18-20-3-10-24(31)11-4-20/h3-12,17,25H,13-16,18-19H2,1-2H3,(H,32,37)(H,33,34,35). The lowest BCUT2D eigenvalue weighted by Gasteiger charge is -2.15. The van der Waals surface area contributed by atoms with Crippen LogP contribution in [0.1, 0.15) is 22.3 Å². The number of rotatable bonds is 10. The second-order valence-corrected chi connectivity index (χ2v) is 9.80. The molecule has 0 bridgehead atoms. The van der Waals surface area contributed by atoms with Crippen LogP contribution in [0.2, 0.25) is 0 Å². The maximum Gasteiger partial charge on any atom is 0.251 e. The Morgan fingerprint density at radius 3 is 2.54 bits per heavy atom. The molecule has 1 aromatic heterocycles. The number of benzene rings is 3. The Morgan fingerprint density at radius 1 is 1.05 bits per heavy atom. The Hall–Kier alpha value is -4.08. The number of carbonyl (C=O) groups is 1. The van der Waals surface area contributed by atoms with Crippen molar-refractivity contribution >= 4 is 22.8 Å². The molecule has 1 fully saturated rings. The lowest BCUT2D eigenvalue weighted by Crippen LogP contribution is -2.31. The van der Waals surface area contributed by atoms with Gasteiger partial charge in [0, 0.05) is 31.6 Å². The lowest BCUT2D eigenvalue weighted by molar-refractivity contribution is 0.0951. The van der Waals surface area contributed by atoms with E-state index in [1.54, 1.807) is 12.1 Å². The summed E-state index contributed by atoms with van der Waals surface area (Å²) in [6.07, 6.45) is 0.712. The number of nitrogens with one attached hydrogen (secondary N) is 2. The number of halogens is 1. The number of amides is 1. The number of likely N-dealkylation sites (N-methyl/N-ethyl adjacent to an activating group) is 1. The van der Waals surface area contributed by atoms with Gasteiger partial charge in [0.15, 0.2) is 0 Å². The number of carbonyl (C=O) groups excluding carboxylic acids is 1. The molecule has 0 aliphatic carbocycles. The fourth-order valence-corrected chi connectivity index (χ4v) is 4.31. The Kier molecular flexibility index (Phi) is 8.29. The van der Waals surface area contributed by atoms with Crippen LogP contribution < -0.4 is 15.4 Å². The molecule has 2 heterocycles. The number of ether oxygens (including phenoxy) is 2. The van der Waals surface area contributed by atoms with Gasteiger partial charge in [0.1, 0.15) is 11.9 Å². The van der Waals surface area contributed by atoms with Crippen LogP contribution >= 0.6 is 0 Å². The molecule has 9 heteroatoms. The molecule has 2 N–H and O–H groups in total. The SMILES string of the molecule is CN(C)CCNC(=O)c1ccc(-c2ccc3nc(NCc4ccc(F)cc4)nc(OC4CCOC4)c3c2)cc1. The van der Waals surface area contributed by atoms with Gasteiger partial charge in [0.25, 0.3) is 5.91 Å². The maximum absolute atomic E-state index is 13.3. The summed E-state index contributed by atoms with van der Waals surface area (Å²) in [4.78, 5) is 23.8. The number of fused-ring (bicyclic) bond motifs is 1. The second kappa shape index (κ2) is 12.2. The van der Waals surface area contributed by atoms with Crippen molar-refractivity contribution < 1.29 is 18.7 Å². The number of hydrogen-bond acceptors (Lipinski definition) is 7. The fraction of sp³-hybridized carbons (Fsp3) is 0.300. The van der Waals surface area contributed by atoms with E-state index in [-0.39, 0.29) is 17.8 Å². The molecular weight excluding hydrogens is 497 g/mol. The Morgan fingerprint density at radius 2 is 1.82 bits per heavy atom. The lowest BCUT2D eigenvalue weighted by atomic mass is 10.0. The first kappa shape index (κ1) is 26.5. The predicted molar refractivity (Wildman–Crippen MR) is 149 cm³/mol. The monoisotopic (exact) mass is 529 g/mol. The molecule has 0 spiro atoms. The second-order valence-electron chi connectivity index (χ2n) is 9.80. The molecule has 1 aliphatic rings. The number of hydrogen-bond donors (Lipinski definition) is 2.